The summed E-state index contributed by atoms with van der Waals surface area (Å²) in [5, 5.41) is 27.4. The normalized spacial score (nSPS) is 11.7. The summed E-state index contributed by atoms with van der Waals surface area (Å²) in [4.78, 5) is 0. The molecule has 0 saturated carbocycles. The van der Waals surface area contributed by atoms with Crippen molar-refractivity contribution in [3.63, 3.8) is 0 Å². The van der Waals surface area contributed by atoms with Gasteiger partial charge < -0.3 is 15.3 Å². The lowest BCUT2D eigenvalue weighted by atomic mass is 10.1. The van der Waals surface area contributed by atoms with Crippen LogP contribution in [0.2, 0.25) is 0 Å². The molecule has 3 nitrogen and oxygen atoms in total. The molecule has 3 N–H and O–H groups in total. The van der Waals surface area contributed by atoms with E-state index in [0.717, 1.165) is 51.4 Å². The first-order valence-electron chi connectivity index (χ1n) is 12.9. The molecule has 0 aliphatic rings. The van der Waals surface area contributed by atoms with Crippen molar-refractivity contribution >= 4 is 0 Å². The molecule has 0 aromatic carbocycles. The molecule has 0 aliphatic carbocycles. The zero-order valence-corrected chi connectivity index (χ0v) is 21.2. The third-order valence-corrected chi connectivity index (χ3v) is 5.16. The summed E-state index contributed by atoms with van der Waals surface area (Å²) in [6.45, 7) is -0.211. The van der Waals surface area contributed by atoms with E-state index in [9.17, 15) is 10.2 Å². The molecule has 0 saturated heterocycles. The molecule has 0 rings (SSSR count). The first-order valence-corrected chi connectivity index (χ1v) is 12.9. The Bertz CT molecular complexity index is 859. The van der Waals surface area contributed by atoms with Crippen LogP contribution in [0.15, 0.2) is 24.3 Å². The van der Waals surface area contributed by atoms with Crippen LogP contribution in [0.1, 0.15) is 96.3 Å². The zero-order valence-electron chi connectivity index (χ0n) is 21.2. The van der Waals surface area contributed by atoms with Crippen LogP contribution < -0.4 is 0 Å². The van der Waals surface area contributed by atoms with E-state index < -0.39 is 12.2 Å². The fourth-order valence-electron chi connectivity index (χ4n) is 3.20. The quantitative estimate of drug-likeness (QED) is 0.152. The smallest absolute Gasteiger partial charge is 0.133 e. The first-order chi connectivity index (χ1) is 17.2. The maximum atomic E-state index is 9.76. The van der Waals surface area contributed by atoms with Gasteiger partial charge in [-0.3, -0.25) is 0 Å². The maximum absolute atomic E-state index is 9.76. The molecular weight excluding hydrogens is 432 g/mol. The van der Waals surface area contributed by atoms with Gasteiger partial charge in [-0.1, -0.05) is 86.7 Å². The molecule has 3 heteroatoms. The van der Waals surface area contributed by atoms with E-state index in [1.54, 1.807) is 6.08 Å². The van der Waals surface area contributed by atoms with Crippen molar-refractivity contribution in [2.24, 2.45) is 0 Å². The molecule has 0 aromatic heterocycles. The van der Waals surface area contributed by atoms with E-state index in [4.69, 9.17) is 11.5 Å². The second kappa shape index (κ2) is 27.4. The van der Waals surface area contributed by atoms with Crippen LogP contribution in [-0.2, 0) is 0 Å². The topological polar surface area (TPSA) is 60.7 Å². The average Bonchev–Trinajstić information content (AvgIpc) is 2.86. The Balaban J connectivity index is 3.48. The number of hydrogen-bond acceptors (Lipinski definition) is 3. The number of unbranched alkanes of at least 4 members (excludes halogenated alkanes) is 12. The molecule has 0 heterocycles. The molecule has 0 fully saturated rings. The third kappa shape index (κ3) is 27.3. The van der Waals surface area contributed by atoms with E-state index in [-0.39, 0.29) is 6.61 Å². The van der Waals surface area contributed by atoms with Gasteiger partial charge in [-0.05, 0) is 80.8 Å². The number of rotatable bonds is 17. The second-order valence-corrected chi connectivity index (χ2v) is 8.26. The number of terminal acetylenes is 1. The van der Waals surface area contributed by atoms with Crippen molar-refractivity contribution in [3.05, 3.63) is 24.3 Å². The second-order valence-electron chi connectivity index (χ2n) is 8.26. The van der Waals surface area contributed by atoms with Gasteiger partial charge in [0.05, 0.1) is 0 Å². The van der Waals surface area contributed by atoms with E-state index in [1.165, 1.54) is 38.5 Å². The summed E-state index contributed by atoms with van der Waals surface area (Å²) in [5.41, 5.74) is 0. The van der Waals surface area contributed by atoms with E-state index in [2.05, 4.69) is 59.4 Å². The molecule has 0 radical (unpaired) electrons. The van der Waals surface area contributed by atoms with Crippen LogP contribution >= 0.6 is 0 Å². The standard InChI is InChI=1S/C32H42O3/c1-2-31(34)27-23-19-16-14-12-10-8-6-4-3-5-7-9-11-13-15-17-20-24-28-32(35)29-25-21-18-22-26-30-33/h1,5,7,23,27,31-35H,3-4,6,8,10,12-17,19-20,24,28,30H2. The van der Waals surface area contributed by atoms with Gasteiger partial charge in [-0.2, -0.15) is 0 Å². The number of aliphatic hydroxyl groups excluding tert-OH is 3. The lowest BCUT2D eigenvalue weighted by molar-refractivity contribution is 0.217. The van der Waals surface area contributed by atoms with Crippen molar-refractivity contribution in [3.8, 4) is 59.7 Å². The highest BCUT2D eigenvalue weighted by molar-refractivity contribution is 5.36. The predicted molar refractivity (Wildman–Crippen MR) is 147 cm³/mol. The summed E-state index contributed by atoms with van der Waals surface area (Å²) in [7, 11) is 0. The summed E-state index contributed by atoms with van der Waals surface area (Å²) < 4.78 is 0. The Morgan fingerprint density at radius 1 is 0.686 bits per heavy atom. The Kier molecular flexibility index (Phi) is 25.2. The zero-order chi connectivity index (χ0) is 25.7. The van der Waals surface area contributed by atoms with Crippen LogP contribution in [0.4, 0.5) is 0 Å². The Morgan fingerprint density at radius 3 is 2.03 bits per heavy atom. The fraction of sp³-hybridized carbons (Fsp3) is 0.562. The number of allylic oxidation sites excluding steroid dienone is 3. The Hall–Kier alpha value is -2.84. The SMILES string of the molecule is C#CC(O)C=CCCCCCCCCCC=CC#CCCCCCCC(O)C#CC#CC#CCO. The van der Waals surface area contributed by atoms with Crippen LogP contribution in [0, 0.1) is 59.7 Å². The van der Waals surface area contributed by atoms with Crippen molar-refractivity contribution in [2.75, 3.05) is 6.61 Å². The van der Waals surface area contributed by atoms with Crippen LogP contribution in [-0.4, -0.2) is 34.1 Å². The number of hydrogen-bond donors (Lipinski definition) is 3. The van der Waals surface area contributed by atoms with E-state index in [0.29, 0.717) is 6.42 Å². The van der Waals surface area contributed by atoms with Gasteiger partial charge in [0.2, 0.25) is 0 Å². The summed E-state index contributed by atoms with van der Waals surface area (Å²) in [6, 6.07) is 0. The van der Waals surface area contributed by atoms with Crippen LogP contribution in [0.3, 0.4) is 0 Å². The molecule has 0 aliphatic heterocycles. The molecule has 0 amide bonds. The summed E-state index contributed by atoms with van der Waals surface area (Å²) in [5.74, 6) is 23.7. The minimum Gasteiger partial charge on any atom is -0.384 e. The van der Waals surface area contributed by atoms with Crippen molar-refractivity contribution in [1.29, 1.82) is 0 Å². The third-order valence-electron chi connectivity index (χ3n) is 5.16. The van der Waals surface area contributed by atoms with Crippen molar-refractivity contribution in [1.82, 2.24) is 0 Å². The van der Waals surface area contributed by atoms with E-state index >= 15 is 0 Å². The van der Waals surface area contributed by atoms with Gasteiger partial charge in [-0.15, -0.1) is 6.42 Å². The van der Waals surface area contributed by atoms with Gasteiger partial charge in [-0.25, -0.2) is 0 Å². The molecule has 0 spiro atoms. The summed E-state index contributed by atoms with van der Waals surface area (Å²) >= 11 is 0. The molecule has 35 heavy (non-hydrogen) atoms. The lowest BCUT2D eigenvalue weighted by Gasteiger charge is -2.01. The highest BCUT2D eigenvalue weighted by Crippen LogP contribution is 2.10. The van der Waals surface area contributed by atoms with Gasteiger partial charge in [0.15, 0.2) is 0 Å². The van der Waals surface area contributed by atoms with Crippen LogP contribution in [0.25, 0.3) is 0 Å². The fourth-order valence-corrected chi connectivity index (χ4v) is 3.20. The minimum absolute atomic E-state index is 0.211. The highest BCUT2D eigenvalue weighted by atomic mass is 16.3. The molecule has 0 aromatic rings. The molecule has 188 valence electrons. The van der Waals surface area contributed by atoms with Gasteiger partial charge in [0, 0.05) is 6.42 Å². The highest BCUT2D eigenvalue weighted by Gasteiger charge is 1.98. The van der Waals surface area contributed by atoms with Gasteiger partial charge in [0.25, 0.3) is 0 Å². The Labute approximate surface area is 214 Å². The largest absolute Gasteiger partial charge is 0.384 e. The molecule has 0 bridgehead atoms. The average molecular weight is 475 g/mol. The Morgan fingerprint density at radius 2 is 1.31 bits per heavy atom. The molecule has 2 unspecified atom stereocenters. The monoisotopic (exact) mass is 474 g/mol. The molecule has 2 atom stereocenters. The first kappa shape index (κ1) is 32.2. The summed E-state index contributed by atoms with van der Waals surface area (Å²) in [6.07, 6.45) is 28.2. The van der Waals surface area contributed by atoms with Gasteiger partial charge >= 0.3 is 0 Å². The van der Waals surface area contributed by atoms with Crippen molar-refractivity contribution < 1.29 is 15.3 Å². The maximum Gasteiger partial charge on any atom is 0.133 e. The number of aliphatic hydroxyl groups is 3. The van der Waals surface area contributed by atoms with E-state index in [1.807, 2.05) is 12.2 Å². The molecular formula is C32H42O3. The predicted octanol–water partition coefficient (Wildman–Crippen LogP) is 5.31. The minimum atomic E-state index is -0.739. The lowest BCUT2D eigenvalue weighted by Crippen LogP contribution is -2.01. The van der Waals surface area contributed by atoms with Crippen LogP contribution in [0.5, 0.6) is 0 Å². The van der Waals surface area contributed by atoms with Crippen molar-refractivity contribution in [2.45, 2.75) is 109 Å². The van der Waals surface area contributed by atoms with Gasteiger partial charge in [0.1, 0.15) is 18.8 Å².